The normalized spacial score (nSPS) is 10.4. The van der Waals surface area contributed by atoms with E-state index in [2.05, 4.69) is 10.3 Å². The van der Waals surface area contributed by atoms with E-state index in [0.29, 0.717) is 32.7 Å². The fourth-order valence-corrected chi connectivity index (χ4v) is 2.27. The number of hydrogen-bond acceptors (Lipinski definition) is 3. The number of nitrogen functional groups attached to an aromatic ring is 1. The molecule has 2 rings (SSSR count). The Hall–Kier alpha value is -1.78. The summed E-state index contributed by atoms with van der Waals surface area (Å²) in [6, 6.07) is 6.62. The van der Waals surface area contributed by atoms with Crippen molar-refractivity contribution in [2.75, 3.05) is 11.1 Å². The van der Waals surface area contributed by atoms with E-state index < -0.39 is 0 Å². The molecular weight excluding hydrogens is 297 g/mol. The van der Waals surface area contributed by atoms with Gasteiger partial charge >= 0.3 is 0 Å². The summed E-state index contributed by atoms with van der Waals surface area (Å²) in [4.78, 5) is 16.4. The second kappa shape index (κ2) is 5.69. The molecule has 1 aromatic carbocycles. The maximum atomic E-state index is 12.2. The lowest BCUT2D eigenvalue weighted by atomic mass is 10.1. The van der Waals surface area contributed by atoms with Gasteiger partial charge in [0.25, 0.3) is 5.91 Å². The van der Waals surface area contributed by atoms with Crippen LogP contribution in [-0.4, -0.2) is 10.9 Å². The van der Waals surface area contributed by atoms with Crippen LogP contribution in [0.25, 0.3) is 0 Å². The lowest BCUT2D eigenvalue weighted by molar-refractivity contribution is 0.102. The number of pyridine rings is 1. The lowest BCUT2D eigenvalue weighted by Crippen LogP contribution is -2.14. The van der Waals surface area contributed by atoms with Crippen LogP contribution >= 0.6 is 23.2 Å². The number of nitrogens with zero attached hydrogens (tertiary/aromatic N) is 1. The molecule has 1 amide bonds. The Kier molecular flexibility index (Phi) is 4.16. The number of nitrogens with two attached hydrogens (primary N) is 1. The predicted molar refractivity (Wildman–Crippen MR) is 82.5 cm³/mol. The molecule has 0 aliphatic rings. The molecule has 0 aliphatic carbocycles. The fraction of sp³-hybridized carbons (Fsp3) is 0.143. The number of carbonyl (C=O) groups excluding carboxylic acids is 1. The van der Waals surface area contributed by atoms with E-state index >= 15 is 0 Å². The molecule has 0 saturated carbocycles. The second-order valence-electron chi connectivity index (χ2n) is 4.39. The van der Waals surface area contributed by atoms with Crippen molar-refractivity contribution < 1.29 is 4.79 Å². The van der Waals surface area contributed by atoms with Gasteiger partial charge in [0, 0.05) is 11.4 Å². The first-order valence-electron chi connectivity index (χ1n) is 5.88. The van der Waals surface area contributed by atoms with Gasteiger partial charge in [-0.15, -0.1) is 0 Å². The number of hydrogen-bond donors (Lipinski definition) is 2. The van der Waals surface area contributed by atoms with E-state index in [0.717, 1.165) is 5.69 Å². The molecule has 0 bridgehead atoms. The number of rotatable bonds is 2. The van der Waals surface area contributed by atoms with Crippen LogP contribution in [0.15, 0.2) is 24.3 Å². The van der Waals surface area contributed by atoms with Gasteiger partial charge < -0.3 is 11.1 Å². The van der Waals surface area contributed by atoms with Crippen LogP contribution in [0, 0.1) is 13.8 Å². The van der Waals surface area contributed by atoms with Gasteiger partial charge in [0.2, 0.25) is 0 Å². The summed E-state index contributed by atoms with van der Waals surface area (Å²) in [6.45, 7) is 3.65. The first-order chi connectivity index (χ1) is 9.38. The predicted octanol–water partition coefficient (Wildman–Crippen LogP) is 3.84. The Balaban J connectivity index is 2.28. The van der Waals surface area contributed by atoms with E-state index in [4.69, 9.17) is 28.9 Å². The zero-order valence-electron chi connectivity index (χ0n) is 11.0. The highest BCUT2D eigenvalue weighted by atomic mass is 35.5. The summed E-state index contributed by atoms with van der Waals surface area (Å²) < 4.78 is 0. The third-order valence-electron chi connectivity index (χ3n) is 2.81. The fourth-order valence-electron chi connectivity index (χ4n) is 1.78. The first-order valence-corrected chi connectivity index (χ1v) is 6.64. The molecule has 0 spiro atoms. The molecule has 104 valence electrons. The summed E-state index contributed by atoms with van der Waals surface area (Å²) in [5.41, 5.74) is 8.44. The average molecular weight is 310 g/mol. The summed E-state index contributed by atoms with van der Waals surface area (Å²) in [5.74, 6) is -0.271. The highest BCUT2D eigenvalue weighted by Gasteiger charge is 2.12. The smallest absolute Gasteiger partial charge is 0.257 e. The van der Waals surface area contributed by atoms with E-state index in [1.54, 1.807) is 31.2 Å². The number of aryl methyl sites for hydroxylation is 2. The van der Waals surface area contributed by atoms with Crippen molar-refractivity contribution in [2.24, 2.45) is 0 Å². The highest BCUT2D eigenvalue weighted by Crippen LogP contribution is 2.31. The van der Waals surface area contributed by atoms with Gasteiger partial charge in [-0.25, -0.2) is 0 Å². The third kappa shape index (κ3) is 3.03. The van der Waals surface area contributed by atoms with Crippen molar-refractivity contribution in [3.05, 3.63) is 51.3 Å². The monoisotopic (exact) mass is 309 g/mol. The number of halogens is 2. The van der Waals surface area contributed by atoms with Gasteiger partial charge in [-0.2, -0.15) is 0 Å². The quantitative estimate of drug-likeness (QED) is 0.828. The molecule has 0 aliphatic heterocycles. The number of aromatic nitrogens is 1. The zero-order chi connectivity index (χ0) is 14.9. The van der Waals surface area contributed by atoms with Crippen molar-refractivity contribution in [3.63, 3.8) is 0 Å². The van der Waals surface area contributed by atoms with Crippen molar-refractivity contribution in [3.8, 4) is 0 Å². The van der Waals surface area contributed by atoms with Crippen molar-refractivity contribution in [1.82, 2.24) is 4.98 Å². The van der Waals surface area contributed by atoms with Gasteiger partial charge in [0.1, 0.15) is 0 Å². The molecule has 0 saturated heterocycles. The maximum absolute atomic E-state index is 12.2. The van der Waals surface area contributed by atoms with Crippen molar-refractivity contribution in [1.29, 1.82) is 0 Å². The van der Waals surface area contributed by atoms with Gasteiger partial charge in [0.15, 0.2) is 0 Å². The average Bonchev–Trinajstić information content (AvgIpc) is 2.35. The minimum absolute atomic E-state index is 0.271. The maximum Gasteiger partial charge on any atom is 0.257 e. The largest absolute Gasteiger partial charge is 0.396 e. The Labute approximate surface area is 126 Å². The van der Waals surface area contributed by atoms with Crippen LogP contribution < -0.4 is 11.1 Å². The van der Waals surface area contributed by atoms with E-state index in [-0.39, 0.29) is 5.91 Å². The molecule has 1 heterocycles. The number of amides is 1. The van der Waals surface area contributed by atoms with Gasteiger partial charge in [-0.05, 0) is 38.1 Å². The molecule has 3 N–H and O–H groups in total. The Bertz CT molecular complexity index is 663. The van der Waals surface area contributed by atoms with Crippen LogP contribution in [0.5, 0.6) is 0 Å². The van der Waals surface area contributed by atoms with Gasteiger partial charge in [-0.3, -0.25) is 9.78 Å². The van der Waals surface area contributed by atoms with E-state index in [1.165, 1.54) is 0 Å². The molecule has 0 radical (unpaired) electrons. The lowest BCUT2D eigenvalue weighted by Gasteiger charge is -2.10. The highest BCUT2D eigenvalue weighted by molar-refractivity contribution is 6.39. The van der Waals surface area contributed by atoms with Crippen LogP contribution in [0.1, 0.15) is 21.7 Å². The number of nitrogens with one attached hydrogen (secondary N) is 1. The zero-order valence-corrected chi connectivity index (χ0v) is 12.5. The summed E-state index contributed by atoms with van der Waals surface area (Å²) in [5, 5.41) is 3.32. The first kappa shape index (κ1) is 14.6. The van der Waals surface area contributed by atoms with E-state index in [9.17, 15) is 4.79 Å². The molecule has 0 unspecified atom stereocenters. The van der Waals surface area contributed by atoms with Crippen molar-refractivity contribution in [2.45, 2.75) is 13.8 Å². The topological polar surface area (TPSA) is 68.0 Å². The standard InChI is InChI=1S/C14H13Cl2N3O/c1-7-3-4-10(8(2)18-7)14(20)19-9-5-11(15)13(17)12(16)6-9/h3-6H,17H2,1-2H3,(H,19,20). The van der Waals surface area contributed by atoms with Crippen LogP contribution in [-0.2, 0) is 0 Å². The minimum atomic E-state index is -0.271. The summed E-state index contributed by atoms with van der Waals surface area (Å²) >= 11 is 11.9. The second-order valence-corrected chi connectivity index (χ2v) is 5.21. The summed E-state index contributed by atoms with van der Waals surface area (Å²) in [6.07, 6.45) is 0. The molecule has 0 fully saturated rings. The third-order valence-corrected chi connectivity index (χ3v) is 3.43. The molecule has 1 aromatic heterocycles. The van der Waals surface area contributed by atoms with Gasteiger partial charge in [0.05, 0.1) is 27.0 Å². The van der Waals surface area contributed by atoms with Crippen molar-refractivity contribution >= 4 is 40.5 Å². The number of anilines is 2. The van der Waals surface area contributed by atoms with Crippen LogP contribution in [0.4, 0.5) is 11.4 Å². The molecule has 2 aromatic rings. The molecular formula is C14H13Cl2N3O. The molecule has 0 atom stereocenters. The number of carbonyl (C=O) groups is 1. The SMILES string of the molecule is Cc1ccc(C(=O)Nc2cc(Cl)c(N)c(Cl)c2)c(C)n1. The Morgan fingerprint density at radius 2 is 1.80 bits per heavy atom. The van der Waals surface area contributed by atoms with Crippen LogP contribution in [0.3, 0.4) is 0 Å². The molecule has 6 heteroatoms. The Morgan fingerprint density at radius 3 is 2.35 bits per heavy atom. The summed E-state index contributed by atoms with van der Waals surface area (Å²) in [7, 11) is 0. The Morgan fingerprint density at radius 1 is 1.20 bits per heavy atom. The van der Waals surface area contributed by atoms with Crippen LogP contribution in [0.2, 0.25) is 10.0 Å². The van der Waals surface area contributed by atoms with Gasteiger partial charge in [-0.1, -0.05) is 23.2 Å². The number of benzene rings is 1. The van der Waals surface area contributed by atoms with E-state index in [1.807, 2.05) is 6.92 Å². The molecule has 20 heavy (non-hydrogen) atoms. The molecule has 4 nitrogen and oxygen atoms in total. The minimum Gasteiger partial charge on any atom is -0.396 e.